The van der Waals surface area contributed by atoms with Crippen LogP contribution >= 0.6 is 0 Å². The van der Waals surface area contributed by atoms with Gasteiger partial charge < -0.3 is 5.73 Å². The Labute approximate surface area is 100 Å². The number of nitrogens with one attached hydrogen (secondary N) is 1. The molecule has 90 valence electrons. The number of aryl methyl sites for hydroxylation is 1. The van der Waals surface area contributed by atoms with Crippen molar-refractivity contribution in [1.29, 1.82) is 0 Å². The van der Waals surface area contributed by atoms with E-state index in [-0.39, 0.29) is 11.6 Å². The fraction of sp³-hybridized carbons (Fsp3) is 0.308. The monoisotopic (exact) mass is 231 g/mol. The van der Waals surface area contributed by atoms with Crippen molar-refractivity contribution >= 4 is 0 Å². The van der Waals surface area contributed by atoms with Gasteiger partial charge in [0.05, 0.1) is 5.69 Å². The van der Waals surface area contributed by atoms with Crippen LogP contribution in [0.2, 0.25) is 0 Å². The first-order valence-electron chi connectivity index (χ1n) is 5.70. The number of nitrogens with zero attached hydrogens (tertiary/aromatic N) is 1. The Morgan fingerprint density at radius 3 is 2.76 bits per heavy atom. The number of para-hydroxylation sites is 1. The summed E-state index contributed by atoms with van der Waals surface area (Å²) in [5.41, 5.74) is 8.49. The van der Waals surface area contributed by atoms with Crippen LogP contribution in [0.4, 0.5) is 0 Å². The molecule has 1 heterocycles. The van der Waals surface area contributed by atoms with Crippen LogP contribution in [0.15, 0.2) is 35.1 Å². The van der Waals surface area contributed by atoms with Crippen LogP contribution in [-0.4, -0.2) is 15.8 Å². The number of benzene rings is 1. The van der Waals surface area contributed by atoms with E-state index in [1.807, 2.05) is 38.1 Å². The molecule has 0 spiro atoms. The van der Waals surface area contributed by atoms with Crippen LogP contribution in [0, 0.1) is 6.92 Å². The van der Waals surface area contributed by atoms with E-state index in [9.17, 15) is 4.79 Å². The number of rotatable bonds is 3. The van der Waals surface area contributed by atoms with Gasteiger partial charge in [0.2, 0.25) is 0 Å². The van der Waals surface area contributed by atoms with Gasteiger partial charge in [0.15, 0.2) is 0 Å². The molecular weight excluding hydrogens is 214 g/mol. The number of hydrogen-bond acceptors (Lipinski definition) is 2. The van der Waals surface area contributed by atoms with Crippen LogP contribution < -0.4 is 11.3 Å². The number of aromatic amines is 1. The minimum atomic E-state index is -0.0463. The number of hydrogen-bond donors (Lipinski definition) is 2. The van der Waals surface area contributed by atoms with E-state index in [1.165, 1.54) is 0 Å². The summed E-state index contributed by atoms with van der Waals surface area (Å²) in [6, 6.07) is 9.42. The minimum absolute atomic E-state index is 0.0402. The fourth-order valence-corrected chi connectivity index (χ4v) is 1.89. The maximum atomic E-state index is 11.9. The highest BCUT2D eigenvalue weighted by Crippen LogP contribution is 2.10. The maximum absolute atomic E-state index is 11.9. The third-order valence-electron chi connectivity index (χ3n) is 2.67. The van der Waals surface area contributed by atoms with Gasteiger partial charge in [0, 0.05) is 24.2 Å². The van der Waals surface area contributed by atoms with E-state index in [0.29, 0.717) is 6.42 Å². The van der Waals surface area contributed by atoms with Gasteiger partial charge in [0.1, 0.15) is 0 Å². The molecular formula is C13H17N3O. The molecule has 3 N–H and O–H groups in total. The number of nitrogens with two attached hydrogens (primary N) is 1. The Morgan fingerprint density at radius 1 is 1.41 bits per heavy atom. The van der Waals surface area contributed by atoms with Crippen LogP contribution in [0.25, 0.3) is 5.69 Å². The first-order chi connectivity index (χ1) is 8.08. The van der Waals surface area contributed by atoms with Crippen LogP contribution in [-0.2, 0) is 6.42 Å². The Bertz CT molecular complexity index is 566. The highest BCUT2D eigenvalue weighted by atomic mass is 16.1. The molecule has 0 aliphatic heterocycles. The van der Waals surface area contributed by atoms with Crippen molar-refractivity contribution in [2.75, 3.05) is 0 Å². The van der Waals surface area contributed by atoms with E-state index in [1.54, 1.807) is 10.7 Å². The molecule has 1 aromatic heterocycles. The molecule has 0 saturated carbocycles. The number of aromatic nitrogens is 2. The zero-order valence-corrected chi connectivity index (χ0v) is 10.1. The van der Waals surface area contributed by atoms with Crippen molar-refractivity contribution in [3.8, 4) is 5.69 Å². The Kier molecular flexibility index (Phi) is 3.15. The van der Waals surface area contributed by atoms with Crippen molar-refractivity contribution < 1.29 is 0 Å². The molecule has 0 amide bonds. The highest BCUT2D eigenvalue weighted by molar-refractivity contribution is 5.39. The molecule has 17 heavy (non-hydrogen) atoms. The van der Waals surface area contributed by atoms with E-state index in [4.69, 9.17) is 5.73 Å². The van der Waals surface area contributed by atoms with Gasteiger partial charge in [-0.05, 0) is 25.5 Å². The second kappa shape index (κ2) is 4.59. The lowest BCUT2D eigenvalue weighted by Crippen LogP contribution is -2.18. The van der Waals surface area contributed by atoms with Gasteiger partial charge in [-0.2, -0.15) is 0 Å². The summed E-state index contributed by atoms with van der Waals surface area (Å²) >= 11 is 0. The molecule has 2 aromatic rings. The van der Waals surface area contributed by atoms with Gasteiger partial charge in [-0.1, -0.05) is 18.2 Å². The molecule has 0 fully saturated rings. The van der Waals surface area contributed by atoms with Crippen molar-refractivity contribution in [2.45, 2.75) is 26.3 Å². The predicted molar refractivity (Wildman–Crippen MR) is 68.5 cm³/mol. The zero-order chi connectivity index (χ0) is 12.4. The summed E-state index contributed by atoms with van der Waals surface area (Å²) in [5, 5.41) is 3.09. The van der Waals surface area contributed by atoms with Crippen molar-refractivity contribution in [3.63, 3.8) is 0 Å². The molecule has 0 saturated heterocycles. The van der Waals surface area contributed by atoms with Gasteiger partial charge in [-0.25, -0.2) is 4.68 Å². The van der Waals surface area contributed by atoms with Crippen LogP contribution in [0.5, 0.6) is 0 Å². The van der Waals surface area contributed by atoms with E-state index in [2.05, 4.69) is 5.10 Å². The quantitative estimate of drug-likeness (QED) is 0.837. The van der Waals surface area contributed by atoms with E-state index >= 15 is 0 Å². The average molecular weight is 231 g/mol. The predicted octanol–water partition coefficient (Wildman–Crippen LogP) is 1.36. The van der Waals surface area contributed by atoms with Gasteiger partial charge >= 0.3 is 0 Å². The lowest BCUT2D eigenvalue weighted by molar-refractivity contribution is 0.704. The summed E-state index contributed by atoms with van der Waals surface area (Å²) in [6.45, 7) is 3.90. The standard InChI is InChI=1S/C13H17N3O/c1-9-5-3-4-6-12(9)16-13(17)8-11(15-16)7-10(2)14/h3-6,8,10,15H,7,14H2,1-2H3. The molecule has 4 heteroatoms. The lowest BCUT2D eigenvalue weighted by atomic mass is 10.2. The molecule has 0 radical (unpaired) electrons. The largest absolute Gasteiger partial charge is 0.328 e. The maximum Gasteiger partial charge on any atom is 0.271 e. The van der Waals surface area contributed by atoms with Crippen LogP contribution in [0.3, 0.4) is 0 Å². The average Bonchev–Trinajstić information content (AvgIpc) is 2.59. The van der Waals surface area contributed by atoms with Crippen molar-refractivity contribution in [1.82, 2.24) is 9.78 Å². The molecule has 0 bridgehead atoms. The van der Waals surface area contributed by atoms with Crippen molar-refractivity contribution in [3.05, 3.63) is 51.9 Å². The molecule has 0 aliphatic rings. The Morgan fingerprint density at radius 2 is 2.12 bits per heavy atom. The second-order valence-electron chi connectivity index (χ2n) is 4.42. The summed E-state index contributed by atoms with van der Waals surface area (Å²) in [4.78, 5) is 11.9. The van der Waals surface area contributed by atoms with Gasteiger partial charge in [-0.3, -0.25) is 9.89 Å². The summed E-state index contributed by atoms with van der Waals surface area (Å²) in [7, 11) is 0. The summed E-state index contributed by atoms with van der Waals surface area (Å²) in [5.74, 6) is 0. The van der Waals surface area contributed by atoms with E-state index < -0.39 is 0 Å². The minimum Gasteiger partial charge on any atom is -0.328 e. The number of H-pyrrole nitrogens is 1. The normalized spacial score (nSPS) is 12.6. The Hall–Kier alpha value is -1.81. The van der Waals surface area contributed by atoms with Gasteiger partial charge in [-0.15, -0.1) is 0 Å². The summed E-state index contributed by atoms with van der Waals surface area (Å²) < 4.78 is 1.56. The molecule has 1 aromatic carbocycles. The van der Waals surface area contributed by atoms with Crippen molar-refractivity contribution in [2.24, 2.45) is 5.73 Å². The molecule has 4 nitrogen and oxygen atoms in total. The molecule has 0 aliphatic carbocycles. The van der Waals surface area contributed by atoms with Gasteiger partial charge in [0.25, 0.3) is 5.56 Å². The fourth-order valence-electron chi connectivity index (χ4n) is 1.89. The third-order valence-corrected chi connectivity index (χ3v) is 2.67. The third kappa shape index (κ3) is 2.47. The SMILES string of the molecule is Cc1ccccc1-n1[nH]c(CC(C)N)cc1=O. The smallest absolute Gasteiger partial charge is 0.271 e. The molecule has 2 rings (SSSR count). The lowest BCUT2D eigenvalue weighted by Gasteiger charge is -2.06. The second-order valence-corrected chi connectivity index (χ2v) is 4.42. The molecule has 1 atom stereocenters. The first kappa shape index (κ1) is 11.7. The van der Waals surface area contributed by atoms with E-state index in [0.717, 1.165) is 16.9 Å². The van der Waals surface area contributed by atoms with Crippen LogP contribution in [0.1, 0.15) is 18.2 Å². The zero-order valence-electron chi connectivity index (χ0n) is 10.1. The molecule has 1 unspecified atom stereocenters. The highest BCUT2D eigenvalue weighted by Gasteiger charge is 2.08. The first-order valence-corrected chi connectivity index (χ1v) is 5.70. The topological polar surface area (TPSA) is 63.8 Å². The Balaban J connectivity index is 2.43. The summed E-state index contributed by atoms with van der Waals surface area (Å²) in [6.07, 6.45) is 0.675.